The summed E-state index contributed by atoms with van der Waals surface area (Å²) in [6.45, 7) is 4.71. The maximum Gasteiger partial charge on any atom is 0.146 e. The molecule has 0 aromatic carbocycles. The van der Waals surface area contributed by atoms with Crippen molar-refractivity contribution in [2.24, 2.45) is 12.8 Å². The highest BCUT2D eigenvalue weighted by molar-refractivity contribution is 5.08. The molecule has 0 atom stereocenters. The molecule has 3 rings (SSSR count). The summed E-state index contributed by atoms with van der Waals surface area (Å²) in [7, 11) is 4.17. The van der Waals surface area contributed by atoms with Crippen molar-refractivity contribution in [1.82, 2.24) is 29.2 Å². The van der Waals surface area contributed by atoms with Crippen LogP contribution < -0.4 is 5.73 Å². The molecule has 0 unspecified atom stereocenters. The van der Waals surface area contributed by atoms with E-state index >= 15 is 0 Å². The Bertz CT molecular complexity index is 624. The molecule has 2 aromatic rings. The van der Waals surface area contributed by atoms with Crippen LogP contribution in [0.25, 0.3) is 0 Å². The number of nitrogens with zero attached hydrogens (tertiary/aromatic N) is 6. The van der Waals surface area contributed by atoms with Crippen molar-refractivity contribution in [2.45, 2.75) is 44.8 Å². The van der Waals surface area contributed by atoms with Crippen molar-refractivity contribution in [3.63, 3.8) is 0 Å². The quantitative estimate of drug-likeness (QED) is 0.848. The number of aryl methyl sites for hydroxylation is 1. The Morgan fingerprint density at radius 3 is 2.77 bits per heavy atom. The fourth-order valence-corrected chi connectivity index (χ4v) is 2.98. The number of likely N-dealkylation sites (N-methyl/N-ethyl adjacent to an activating group) is 1. The lowest BCUT2D eigenvalue weighted by Crippen LogP contribution is -2.36. The highest BCUT2D eigenvalue weighted by Gasteiger charge is 2.31. The highest BCUT2D eigenvalue weighted by Crippen LogP contribution is 2.34. The van der Waals surface area contributed by atoms with Gasteiger partial charge in [0.1, 0.15) is 17.5 Å². The summed E-state index contributed by atoms with van der Waals surface area (Å²) in [5, 5.41) is 8.72. The molecule has 22 heavy (non-hydrogen) atoms. The van der Waals surface area contributed by atoms with Crippen LogP contribution >= 0.6 is 0 Å². The first kappa shape index (κ1) is 15.2. The van der Waals surface area contributed by atoms with Gasteiger partial charge in [0.25, 0.3) is 0 Å². The largest absolute Gasteiger partial charge is 0.334 e. The van der Waals surface area contributed by atoms with Crippen molar-refractivity contribution >= 4 is 0 Å². The first-order valence-electron chi connectivity index (χ1n) is 7.84. The fraction of sp³-hybridized carbons (Fsp3) is 0.667. The molecule has 2 aromatic heterocycles. The molecule has 0 bridgehead atoms. The average Bonchev–Trinajstić information content (AvgIpc) is 3.01. The molecule has 1 aliphatic rings. The zero-order valence-corrected chi connectivity index (χ0v) is 13.6. The number of imidazole rings is 1. The Morgan fingerprint density at radius 1 is 1.36 bits per heavy atom. The van der Waals surface area contributed by atoms with Crippen LogP contribution in [-0.2, 0) is 20.1 Å². The molecule has 0 aliphatic heterocycles. The maximum absolute atomic E-state index is 5.87. The smallest absolute Gasteiger partial charge is 0.146 e. The molecule has 0 amide bonds. The van der Waals surface area contributed by atoms with Gasteiger partial charge in [-0.05, 0) is 26.8 Å². The van der Waals surface area contributed by atoms with Gasteiger partial charge in [0.2, 0.25) is 0 Å². The molecule has 0 saturated heterocycles. The molecule has 7 heteroatoms. The molecule has 1 aliphatic carbocycles. The summed E-state index contributed by atoms with van der Waals surface area (Å²) < 4.78 is 4.30. The van der Waals surface area contributed by atoms with Crippen LogP contribution in [0.1, 0.15) is 36.2 Å². The topological polar surface area (TPSA) is 77.8 Å². The van der Waals surface area contributed by atoms with Crippen molar-refractivity contribution < 1.29 is 0 Å². The van der Waals surface area contributed by atoms with Crippen LogP contribution in [0.3, 0.4) is 0 Å². The lowest BCUT2D eigenvalue weighted by atomic mass is 9.80. The predicted octanol–water partition coefficient (Wildman–Crippen LogP) is 0.657. The third-order valence-electron chi connectivity index (χ3n) is 4.60. The normalized spacial score (nSPS) is 21.3. The zero-order chi connectivity index (χ0) is 15.7. The van der Waals surface area contributed by atoms with Crippen molar-refractivity contribution in [3.8, 4) is 0 Å². The molecule has 7 nitrogen and oxygen atoms in total. The van der Waals surface area contributed by atoms with Gasteiger partial charge in [0.05, 0.1) is 6.54 Å². The van der Waals surface area contributed by atoms with E-state index in [0.29, 0.717) is 12.0 Å². The molecule has 0 spiro atoms. The Kier molecular flexibility index (Phi) is 4.26. The van der Waals surface area contributed by atoms with E-state index in [1.54, 1.807) is 0 Å². The molecule has 0 radical (unpaired) electrons. The average molecular weight is 303 g/mol. The van der Waals surface area contributed by atoms with Crippen molar-refractivity contribution in [3.05, 3.63) is 29.9 Å². The van der Waals surface area contributed by atoms with E-state index in [1.807, 2.05) is 19.3 Å². The molecule has 120 valence electrons. The van der Waals surface area contributed by atoms with Gasteiger partial charge in [0.15, 0.2) is 0 Å². The summed E-state index contributed by atoms with van der Waals surface area (Å²) >= 11 is 0. The van der Waals surface area contributed by atoms with Crippen LogP contribution in [0.4, 0.5) is 0 Å². The molecular formula is C15H25N7. The van der Waals surface area contributed by atoms with Crippen LogP contribution in [0.5, 0.6) is 0 Å². The zero-order valence-electron chi connectivity index (χ0n) is 13.6. The Morgan fingerprint density at radius 2 is 2.14 bits per heavy atom. The van der Waals surface area contributed by atoms with Crippen LogP contribution in [0, 0.1) is 6.92 Å². The van der Waals surface area contributed by atoms with Gasteiger partial charge in [-0.3, -0.25) is 4.90 Å². The number of hydrogen-bond acceptors (Lipinski definition) is 5. The summed E-state index contributed by atoms with van der Waals surface area (Å²) in [5.74, 6) is 3.63. The minimum atomic E-state index is 0.339. The second-order valence-electron chi connectivity index (χ2n) is 6.37. The summed E-state index contributed by atoms with van der Waals surface area (Å²) in [5.41, 5.74) is 5.87. The van der Waals surface area contributed by atoms with E-state index in [1.165, 1.54) is 0 Å². The van der Waals surface area contributed by atoms with E-state index in [9.17, 15) is 0 Å². The van der Waals surface area contributed by atoms with Gasteiger partial charge < -0.3 is 14.9 Å². The lowest BCUT2D eigenvalue weighted by Gasteiger charge is -2.31. The van der Waals surface area contributed by atoms with Crippen LogP contribution in [0.15, 0.2) is 12.4 Å². The Balaban J connectivity index is 1.55. The molecule has 2 heterocycles. The van der Waals surface area contributed by atoms with Gasteiger partial charge in [-0.1, -0.05) is 0 Å². The van der Waals surface area contributed by atoms with Gasteiger partial charge in [-0.2, -0.15) is 0 Å². The molecule has 1 saturated carbocycles. The van der Waals surface area contributed by atoms with Crippen molar-refractivity contribution in [1.29, 1.82) is 0 Å². The number of rotatable bonds is 6. The van der Waals surface area contributed by atoms with Gasteiger partial charge >= 0.3 is 0 Å². The van der Waals surface area contributed by atoms with E-state index in [-0.39, 0.29) is 0 Å². The van der Waals surface area contributed by atoms with Gasteiger partial charge in [0, 0.05) is 44.5 Å². The summed E-state index contributed by atoms with van der Waals surface area (Å²) in [6.07, 6.45) is 5.92. The summed E-state index contributed by atoms with van der Waals surface area (Å²) in [4.78, 5) is 6.51. The second kappa shape index (κ2) is 6.18. The van der Waals surface area contributed by atoms with Gasteiger partial charge in [-0.15, -0.1) is 10.2 Å². The predicted molar refractivity (Wildman–Crippen MR) is 84.3 cm³/mol. The van der Waals surface area contributed by atoms with E-state index in [4.69, 9.17) is 5.73 Å². The number of hydrogen-bond donors (Lipinski definition) is 1. The maximum atomic E-state index is 5.87. The van der Waals surface area contributed by atoms with E-state index < -0.39 is 0 Å². The first-order valence-corrected chi connectivity index (χ1v) is 7.84. The minimum absolute atomic E-state index is 0.339. The molecule has 1 fully saturated rings. The van der Waals surface area contributed by atoms with E-state index in [0.717, 1.165) is 49.9 Å². The standard InChI is InChI=1S/C15H25N7/c1-11-17-4-5-22(11)7-6-20(2)10-14-18-19-15(21(14)3)12-8-13(16)9-12/h4-5,12-13H,6-10,16H2,1-3H3. The summed E-state index contributed by atoms with van der Waals surface area (Å²) in [6, 6.07) is 0.339. The molecule has 2 N–H and O–H groups in total. The third kappa shape index (κ3) is 3.05. The van der Waals surface area contributed by atoms with Crippen LogP contribution in [0.2, 0.25) is 0 Å². The minimum Gasteiger partial charge on any atom is -0.334 e. The Labute approximate surface area is 131 Å². The van der Waals surface area contributed by atoms with Crippen LogP contribution in [-0.4, -0.2) is 48.8 Å². The number of nitrogens with two attached hydrogens (primary N) is 1. The second-order valence-corrected chi connectivity index (χ2v) is 6.37. The Hall–Kier alpha value is -1.73. The fourth-order valence-electron chi connectivity index (χ4n) is 2.98. The van der Waals surface area contributed by atoms with Crippen molar-refractivity contribution in [2.75, 3.05) is 13.6 Å². The SMILES string of the molecule is Cc1nccn1CCN(C)Cc1nnc(C2CC(N)C2)n1C. The monoisotopic (exact) mass is 303 g/mol. The van der Waals surface area contributed by atoms with Gasteiger partial charge in [-0.25, -0.2) is 4.98 Å². The third-order valence-corrected chi connectivity index (χ3v) is 4.60. The lowest BCUT2D eigenvalue weighted by molar-refractivity contribution is 0.296. The molecular weight excluding hydrogens is 278 g/mol. The van der Waals surface area contributed by atoms with E-state index in [2.05, 4.69) is 43.3 Å². The first-order chi connectivity index (χ1) is 10.5. The number of aromatic nitrogens is 5. The highest BCUT2D eigenvalue weighted by atomic mass is 15.3.